The van der Waals surface area contributed by atoms with E-state index in [1.165, 1.54) is 17.4 Å². The molecular weight excluding hydrogens is 492 g/mol. The zero-order valence-electron chi connectivity index (χ0n) is 19.4. The first-order valence-corrected chi connectivity index (χ1v) is 12.2. The van der Waals surface area contributed by atoms with Gasteiger partial charge in [-0.2, -0.15) is 10.4 Å². The molecule has 2 aromatic carbocycles. The third-order valence-corrected chi connectivity index (χ3v) is 6.19. The number of rotatable bonds is 7. The van der Waals surface area contributed by atoms with Crippen LogP contribution in [-0.2, 0) is 14.3 Å². The fraction of sp³-hybridized carbons (Fsp3) is 0.111. The number of nitrogens with one attached hydrogen (secondary N) is 1. The summed E-state index contributed by atoms with van der Waals surface area (Å²) in [6.07, 6.45) is 4.64. The van der Waals surface area contributed by atoms with Crippen molar-refractivity contribution in [3.05, 3.63) is 83.4 Å². The van der Waals surface area contributed by atoms with Gasteiger partial charge >= 0.3 is 5.97 Å². The van der Waals surface area contributed by atoms with Gasteiger partial charge in [0.15, 0.2) is 18.1 Å². The molecule has 0 bridgehead atoms. The van der Waals surface area contributed by atoms with Crippen molar-refractivity contribution in [1.82, 2.24) is 9.78 Å². The number of nitriles is 1. The zero-order valence-corrected chi connectivity index (χ0v) is 20.2. The number of para-hydroxylation sites is 1. The number of hydrogen-bond acceptors (Lipinski definition) is 8. The van der Waals surface area contributed by atoms with Gasteiger partial charge in [-0.1, -0.05) is 18.2 Å². The molecule has 37 heavy (non-hydrogen) atoms. The normalized spacial score (nSPS) is 12.2. The van der Waals surface area contributed by atoms with Crippen molar-refractivity contribution in [2.45, 2.75) is 0 Å². The van der Waals surface area contributed by atoms with Crippen LogP contribution < -0.4 is 14.8 Å². The van der Waals surface area contributed by atoms with Crippen LogP contribution in [0.5, 0.6) is 11.5 Å². The summed E-state index contributed by atoms with van der Waals surface area (Å²) in [6, 6.07) is 18.7. The van der Waals surface area contributed by atoms with E-state index in [0.717, 1.165) is 11.3 Å². The van der Waals surface area contributed by atoms with Crippen LogP contribution in [0.2, 0.25) is 0 Å². The van der Waals surface area contributed by atoms with E-state index in [4.69, 9.17) is 24.6 Å². The standard InChI is InChI=1S/C27H20N4O5S/c28-15-19-10-13-37-27(19)29-24(32)17-36-25(33)9-7-20-16-31(21-4-2-1-3-5-21)30-26(20)18-6-8-22-23(14-18)35-12-11-34-22/h1-10,13-14,16H,11-12,17H2,(H,29,32). The predicted molar refractivity (Wildman–Crippen MR) is 138 cm³/mol. The quantitative estimate of drug-likeness (QED) is 0.288. The number of esters is 1. The van der Waals surface area contributed by atoms with Crippen molar-refractivity contribution in [3.8, 4) is 34.5 Å². The van der Waals surface area contributed by atoms with Gasteiger partial charge in [-0.05, 0) is 47.9 Å². The summed E-state index contributed by atoms with van der Waals surface area (Å²) in [5.74, 6) is 0.0709. The maximum atomic E-state index is 12.4. The van der Waals surface area contributed by atoms with Crippen LogP contribution in [0.1, 0.15) is 11.1 Å². The lowest BCUT2D eigenvalue weighted by Crippen LogP contribution is -2.20. The second-order valence-corrected chi connectivity index (χ2v) is 8.75. The predicted octanol–water partition coefficient (Wildman–Crippen LogP) is 4.44. The lowest BCUT2D eigenvalue weighted by Gasteiger charge is -2.18. The maximum absolute atomic E-state index is 12.4. The van der Waals surface area contributed by atoms with Crippen molar-refractivity contribution in [1.29, 1.82) is 5.26 Å². The number of hydrogen-bond donors (Lipinski definition) is 1. The summed E-state index contributed by atoms with van der Waals surface area (Å²) in [5, 5.41) is 18.5. The Morgan fingerprint density at radius 2 is 1.95 bits per heavy atom. The third kappa shape index (κ3) is 5.52. The number of amides is 1. The number of anilines is 1. The molecule has 0 atom stereocenters. The molecule has 0 saturated carbocycles. The number of thiophene rings is 1. The highest BCUT2D eigenvalue weighted by Crippen LogP contribution is 2.35. The summed E-state index contributed by atoms with van der Waals surface area (Å²) >= 11 is 1.22. The van der Waals surface area contributed by atoms with Crippen molar-refractivity contribution in [3.63, 3.8) is 0 Å². The van der Waals surface area contributed by atoms with Gasteiger partial charge in [0.2, 0.25) is 0 Å². The van der Waals surface area contributed by atoms with Gasteiger partial charge in [0.05, 0.1) is 11.3 Å². The SMILES string of the molecule is N#Cc1ccsc1NC(=O)COC(=O)C=Cc1cn(-c2ccccc2)nc1-c1ccc2c(c1)OCCO2. The van der Waals surface area contributed by atoms with Gasteiger partial charge < -0.3 is 19.5 Å². The third-order valence-electron chi connectivity index (χ3n) is 5.36. The zero-order chi connectivity index (χ0) is 25.6. The van der Waals surface area contributed by atoms with Crippen LogP contribution in [0.25, 0.3) is 23.0 Å². The molecule has 1 N–H and O–H groups in total. The number of ether oxygens (including phenoxy) is 3. The van der Waals surface area contributed by atoms with Gasteiger partial charge in [-0.3, -0.25) is 4.79 Å². The van der Waals surface area contributed by atoms with E-state index in [-0.39, 0.29) is 0 Å². The van der Waals surface area contributed by atoms with Gasteiger partial charge in [0, 0.05) is 23.4 Å². The lowest BCUT2D eigenvalue weighted by atomic mass is 10.1. The minimum Gasteiger partial charge on any atom is -0.486 e. The first-order chi connectivity index (χ1) is 18.1. The molecule has 5 rings (SSSR count). The molecule has 0 aliphatic carbocycles. The summed E-state index contributed by atoms with van der Waals surface area (Å²) in [7, 11) is 0. The van der Waals surface area contributed by atoms with E-state index in [2.05, 4.69) is 5.32 Å². The Morgan fingerprint density at radius 3 is 2.76 bits per heavy atom. The van der Waals surface area contributed by atoms with Crippen LogP contribution in [0, 0.1) is 11.3 Å². The highest BCUT2D eigenvalue weighted by Gasteiger charge is 2.17. The van der Waals surface area contributed by atoms with Crippen molar-refractivity contribution < 1.29 is 23.8 Å². The van der Waals surface area contributed by atoms with E-state index in [1.807, 2.05) is 54.6 Å². The molecule has 1 aliphatic heterocycles. The van der Waals surface area contributed by atoms with Crippen LogP contribution >= 0.6 is 11.3 Å². The minimum atomic E-state index is -0.692. The average molecular weight is 513 g/mol. The number of carbonyl (C=O) groups is 2. The second-order valence-electron chi connectivity index (χ2n) is 7.84. The van der Waals surface area contributed by atoms with Crippen molar-refractivity contribution >= 4 is 34.3 Å². The summed E-state index contributed by atoms with van der Waals surface area (Å²) in [6.45, 7) is 0.478. The van der Waals surface area contributed by atoms with E-state index >= 15 is 0 Å². The molecule has 0 spiro atoms. The Labute approximate surface area is 216 Å². The number of benzene rings is 2. The molecule has 4 aromatic rings. The monoisotopic (exact) mass is 512 g/mol. The maximum Gasteiger partial charge on any atom is 0.331 e. The molecule has 0 radical (unpaired) electrons. The molecule has 3 heterocycles. The number of carbonyl (C=O) groups excluding carboxylic acids is 2. The Hall–Kier alpha value is -4.88. The molecule has 0 fully saturated rings. The van der Waals surface area contributed by atoms with E-state index in [0.29, 0.717) is 46.5 Å². The topological polar surface area (TPSA) is 115 Å². The molecule has 1 amide bonds. The Bertz CT molecular complexity index is 1520. The molecular formula is C27H20N4O5S. The Kier molecular flexibility index (Phi) is 6.96. The smallest absolute Gasteiger partial charge is 0.331 e. The fourth-order valence-corrected chi connectivity index (χ4v) is 4.39. The van der Waals surface area contributed by atoms with Crippen molar-refractivity contribution in [2.24, 2.45) is 0 Å². The van der Waals surface area contributed by atoms with Gasteiger partial charge in [-0.15, -0.1) is 11.3 Å². The summed E-state index contributed by atoms with van der Waals surface area (Å²) < 4.78 is 18.1. The van der Waals surface area contributed by atoms with Crippen LogP contribution in [0.15, 0.2) is 72.3 Å². The van der Waals surface area contributed by atoms with Crippen LogP contribution in [0.4, 0.5) is 5.00 Å². The minimum absolute atomic E-state index is 0.353. The number of aromatic nitrogens is 2. The molecule has 184 valence electrons. The van der Waals surface area contributed by atoms with Crippen LogP contribution in [-0.4, -0.2) is 41.5 Å². The summed E-state index contributed by atoms with van der Waals surface area (Å²) in [4.78, 5) is 24.5. The Balaban J connectivity index is 1.34. The fourth-order valence-electron chi connectivity index (χ4n) is 3.64. The second kappa shape index (κ2) is 10.8. The highest BCUT2D eigenvalue weighted by atomic mass is 32.1. The molecule has 0 unspecified atom stereocenters. The first-order valence-electron chi connectivity index (χ1n) is 11.3. The first kappa shape index (κ1) is 23.8. The van der Waals surface area contributed by atoms with Crippen molar-refractivity contribution in [2.75, 3.05) is 25.1 Å². The van der Waals surface area contributed by atoms with Gasteiger partial charge in [0.25, 0.3) is 5.91 Å². The highest BCUT2D eigenvalue weighted by molar-refractivity contribution is 7.14. The van der Waals surface area contributed by atoms with Gasteiger partial charge in [-0.25, -0.2) is 9.48 Å². The average Bonchev–Trinajstić information content (AvgIpc) is 3.58. The lowest BCUT2D eigenvalue weighted by molar-refractivity contribution is -0.142. The van der Waals surface area contributed by atoms with E-state index < -0.39 is 18.5 Å². The van der Waals surface area contributed by atoms with E-state index in [1.54, 1.807) is 28.4 Å². The molecule has 9 nitrogen and oxygen atoms in total. The van der Waals surface area contributed by atoms with E-state index in [9.17, 15) is 9.59 Å². The molecule has 1 aliphatic rings. The largest absolute Gasteiger partial charge is 0.486 e. The van der Waals surface area contributed by atoms with Gasteiger partial charge in [0.1, 0.15) is 30.0 Å². The molecule has 2 aromatic heterocycles. The molecule has 10 heteroatoms. The molecule has 0 saturated heterocycles. The number of nitrogens with zero attached hydrogens (tertiary/aromatic N) is 3. The number of fused-ring (bicyclic) bond motifs is 1. The Morgan fingerprint density at radius 1 is 1.14 bits per heavy atom. The summed E-state index contributed by atoms with van der Waals surface area (Å²) in [5.41, 5.74) is 3.29. The van der Waals surface area contributed by atoms with Crippen LogP contribution in [0.3, 0.4) is 0 Å².